The molecule has 1 heterocycles. The average molecular weight is 250 g/mol. The highest BCUT2D eigenvalue weighted by Gasteiger charge is 2.11. The largest absolute Gasteiger partial charge is 0.476 e. The molecule has 94 valence electrons. The molecule has 0 radical (unpaired) electrons. The molecule has 0 spiro atoms. The van der Waals surface area contributed by atoms with E-state index in [9.17, 15) is 0 Å². The molecule has 19 heavy (non-hydrogen) atoms. The molecule has 0 aliphatic rings. The molecular formula is C16H14N2O. The molecule has 0 fully saturated rings. The third kappa shape index (κ3) is 2.27. The summed E-state index contributed by atoms with van der Waals surface area (Å²) in [6, 6.07) is 17.8. The maximum Gasteiger partial charge on any atom is 0.241 e. The summed E-state index contributed by atoms with van der Waals surface area (Å²) in [5.74, 6) is 0.590. The fourth-order valence-electron chi connectivity index (χ4n) is 2.01. The van der Waals surface area contributed by atoms with Crippen molar-refractivity contribution >= 4 is 11.0 Å². The number of ether oxygens (including phenoxy) is 1. The molecule has 0 aliphatic heterocycles. The highest BCUT2D eigenvalue weighted by Crippen LogP contribution is 2.28. The van der Waals surface area contributed by atoms with E-state index >= 15 is 0 Å². The topological polar surface area (TPSA) is 35.0 Å². The first-order valence-corrected chi connectivity index (χ1v) is 6.33. The minimum atomic E-state index is 0.576. The second kappa shape index (κ2) is 5.06. The Balaban J connectivity index is 2.23. The number of rotatable bonds is 3. The van der Waals surface area contributed by atoms with Crippen molar-refractivity contribution in [3.05, 3.63) is 54.6 Å². The summed E-state index contributed by atoms with van der Waals surface area (Å²) < 4.78 is 5.63. The first-order chi connectivity index (χ1) is 9.38. The van der Waals surface area contributed by atoms with Gasteiger partial charge in [-0.1, -0.05) is 42.5 Å². The molecule has 0 saturated carbocycles. The molecule has 0 aliphatic carbocycles. The van der Waals surface area contributed by atoms with E-state index in [4.69, 9.17) is 4.74 Å². The number of fused-ring (bicyclic) bond motifs is 1. The quantitative estimate of drug-likeness (QED) is 0.711. The summed E-state index contributed by atoms with van der Waals surface area (Å²) in [6.45, 7) is 2.53. The lowest BCUT2D eigenvalue weighted by atomic mass is 10.1. The average Bonchev–Trinajstić information content (AvgIpc) is 2.48. The Morgan fingerprint density at radius 1 is 0.842 bits per heavy atom. The van der Waals surface area contributed by atoms with E-state index in [1.165, 1.54) is 0 Å². The minimum Gasteiger partial charge on any atom is -0.476 e. The van der Waals surface area contributed by atoms with Crippen molar-refractivity contribution in [2.45, 2.75) is 6.92 Å². The number of nitrogens with zero attached hydrogens (tertiary/aromatic N) is 2. The number of hydrogen-bond acceptors (Lipinski definition) is 3. The van der Waals surface area contributed by atoms with Crippen LogP contribution in [0, 0.1) is 0 Å². The van der Waals surface area contributed by atoms with Gasteiger partial charge in [0.2, 0.25) is 5.88 Å². The van der Waals surface area contributed by atoms with E-state index < -0.39 is 0 Å². The smallest absolute Gasteiger partial charge is 0.241 e. The van der Waals surface area contributed by atoms with Gasteiger partial charge in [-0.15, -0.1) is 0 Å². The summed E-state index contributed by atoms with van der Waals surface area (Å²) in [6.07, 6.45) is 0. The Kier molecular flexibility index (Phi) is 3.11. The Morgan fingerprint density at radius 3 is 2.16 bits per heavy atom. The molecule has 3 aromatic rings. The second-order valence-electron chi connectivity index (χ2n) is 4.17. The van der Waals surface area contributed by atoms with Crippen molar-refractivity contribution in [3.8, 4) is 17.1 Å². The van der Waals surface area contributed by atoms with Crippen LogP contribution in [0.1, 0.15) is 6.92 Å². The SMILES string of the molecule is CCOc1nc2ccccc2nc1-c1ccccc1. The van der Waals surface area contributed by atoms with Gasteiger partial charge in [-0.25, -0.2) is 9.97 Å². The van der Waals surface area contributed by atoms with Crippen LogP contribution in [0.15, 0.2) is 54.6 Å². The zero-order chi connectivity index (χ0) is 13.1. The van der Waals surface area contributed by atoms with Gasteiger partial charge >= 0.3 is 0 Å². The van der Waals surface area contributed by atoms with E-state index in [0.717, 1.165) is 22.3 Å². The van der Waals surface area contributed by atoms with Crippen LogP contribution in [-0.2, 0) is 0 Å². The predicted octanol–water partition coefficient (Wildman–Crippen LogP) is 3.70. The van der Waals surface area contributed by atoms with Crippen LogP contribution in [0.3, 0.4) is 0 Å². The van der Waals surface area contributed by atoms with Gasteiger partial charge in [0.05, 0.1) is 17.6 Å². The maximum atomic E-state index is 5.63. The number of benzene rings is 2. The zero-order valence-corrected chi connectivity index (χ0v) is 10.7. The van der Waals surface area contributed by atoms with Crippen LogP contribution >= 0.6 is 0 Å². The molecule has 0 N–H and O–H groups in total. The van der Waals surface area contributed by atoms with Crippen LogP contribution in [0.2, 0.25) is 0 Å². The molecule has 2 aromatic carbocycles. The second-order valence-corrected chi connectivity index (χ2v) is 4.17. The standard InChI is InChI=1S/C16H14N2O/c1-2-19-16-15(12-8-4-3-5-9-12)17-13-10-6-7-11-14(13)18-16/h3-11H,2H2,1H3. The first-order valence-electron chi connectivity index (χ1n) is 6.33. The molecule has 0 amide bonds. The van der Waals surface area contributed by atoms with E-state index in [0.29, 0.717) is 12.5 Å². The van der Waals surface area contributed by atoms with Gasteiger partial charge in [-0.3, -0.25) is 0 Å². The lowest BCUT2D eigenvalue weighted by molar-refractivity contribution is 0.328. The van der Waals surface area contributed by atoms with Crippen LogP contribution in [0.5, 0.6) is 5.88 Å². The Hall–Kier alpha value is -2.42. The summed E-state index contributed by atoms with van der Waals surface area (Å²) in [5.41, 5.74) is 3.54. The van der Waals surface area contributed by atoms with Crippen LogP contribution in [0.4, 0.5) is 0 Å². The molecular weight excluding hydrogens is 236 g/mol. The lowest BCUT2D eigenvalue weighted by Gasteiger charge is -2.09. The third-order valence-corrected chi connectivity index (χ3v) is 2.87. The Bertz CT molecular complexity index is 695. The van der Waals surface area contributed by atoms with Gasteiger partial charge in [0.1, 0.15) is 5.69 Å². The monoisotopic (exact) mass is 250 g/mol. The predicted molar refractivity (Wildman–Crippen MR) is 76.1 cm³/mol. The normalized spacial score (nSPS) is 10.6. The van der Waals surface area contributed by atoms with Gasteiger partial charge < -0.3 is 4.74 Å². The number of para-hydroxylation sites is 2. The number of hydrogen-bond donors (Lipinski definition) is 0. The van der Waals surface area contributed by atoms with Crippen LogP contribution in [-0.4, -0.2) is 16.6 Å². The van der Waals surface area contributed by atoms with E-state index in [-0.39, 0.29) is 0 Å². The fraction of sp³-hybridized carbons (Fsp3) is 0.125. The molecule has 3 rings (SSSR count). The van der Waals surface area contributed by atoms with Crippen molar-refractivity contribution in [1.82, 2.24) is 9.97 Å². The molecule has 3 nitrogen and oxygen atoms in total. The minimum absolute atomic E-state index is 0.576. The number of aromatic nitrogens is 2. The Labute approximate surface area is 111 Å². The van der Waals surface area contributed by atoms with Crippen molar-refractivity contribution in [2.24, 2.45) is 0 Å². The van der Waals surface area contributed by atoms with Gasteiger partial charge in [0.15, 0.2) is 0 Å². The third-order valence-electron chi connectivity index (χ3n) is 2.87. The highest BCUT2D eigenvalue weighted by atomic mass is 16.5. The van der Waals surface area contributed by atoms with Crippen molar-refractivity contribution in [2.75, 3.05) is 6.61 Å². The van der Waals surface area contributed by atoms with E-state index in [2.05, 4.69) is 9.97 Å². The summed E-state index contributed by atoms with van der Waals surface area (Å²) >= 11 is 0. The first kappa shape index (κ1) is 11.7. The Morgan fingerprint density at radius 2 is 1.47 bits per heavy atom. The zero-order valence-electron chi connectivity index (χ0n) is 10.7. The van der Waals surface area contributed by atoms with Crippen molar-refractivity contribution in [3.63, 3.8) is 0 Å². The van der Waals surface area contributed by atoms with Crippen LogP contribution < -0.4 is 4.74 Å². The van der Waals surface area contributed by atoms with Crippen molar-refractivity contribution in [1.29, 1.82) is 0 Å². The van der Waals surface area contributed by atoms with Gasteiger partial charge in [-0.2, -0.15) is 0 Å². The van der Waals surface area contributed by atoms with Crippen molar-refractivity contribution < 1.29 is 4.74 Å². The van der Waals surface area contributed by atoms with E-state index in [1.54, 1.807) is 0 Å². The van der Waals surface area contributed by atoms with Gasteiger partial charge in [0, 0.05) is 5.56 Å². The van der Waals surface area contributed by atoms with Gasteiger partial charge in [0.25, 0.3) is 0 Å². The lowest BCUT2D eigenvalue weighted by Crippen LogP contribution is -2.00. The molecule has 0 atom stereocenters. The summed E-state index contributed by atoms with van der Waals surface area (Å²) in [5, 5.41) is 0. The summed E-state index contributed by atoms with van der Waals surface area (Å²) in [4.78, 5) is 9.23. The van der Waals surface area contributed by atoms with Gasteiger partial charge in [-0.05, 0) is 19.1 Å². The fourth-order valence-corrected chi connectivity index (χ4v) is 2.01. The maximum absolute atomic E-state index is 5.63. The molecule has 1 aromatic heterocycles. The van der Waals surface area contributed by atoms with Crippen LogP contribution in [0.25, 0.3) is 22.3 Å². The van der Waals surface area contributed by atoms with E-state index in [1.807, 2.05) is 61.5 Å². The summed E-state index contributed by atoms with van der Waals surface area (Å²) in [7, 11) is 0. The molecule has 0 unspecified atom stereocenters. The molecule has 0 saturated heterocycles. The highest BCUT2D eigenvalue weighted by molar-refractivity contribution is 5.79. The molecule has 3 heteroatoms. The molecule has 0 bridgehead atoms.